The van der Waals surface area contributed by atoms with E-state index in [1.807, 2.05) is 0 Å². The number of halogens is 2. The van der Waals surface area contributed by atoms with Crippen molar-refractivity contribution in [1.29, 1.82) is 0 Å². The van der Waals surface area contributed by atoms with E-state index in [-0.39, 0.29) is 16.9 Å². The number of carbonyl (C=O) groups excluding carboxylic acids is 1. The van der Waals surface area contributed by atoms with E-state index in [1.165, 1.54) is 12.4 Å². The summed E-state index contributed by atoms with van der Waals surface area (Å²) in [5.41, 5.74) is 4.33. The zero-order chi connectivity index (χ0) is 18.5. The third-order valence-corrected chi connectivity index (χ3v) is 5.15. The summed E-state index contributed by atoms with van der Waals surface area (Å²) in [5.74, 6) is -0.182. The number of hydrogen-bond acceptors (Lipinski definition) is 5. The molecule has 27 heavy (non-hydrogen) atoms. The normalized spacial score (nSPS) is 14.8. The number of carbonyl (C=O) groups is 1. The molecule has 0 aromatic carbocycles. The quantitative estimate of drug-likeness (QED) is 0.590. The summed E-state index contributed by atoms with van der Waals surface area (Å²) >= 11 is 5.86. The SMILES string of the molecule is O=C1NCCc2[nH]c3c(c21)CCc1cnc(Nc2cc(Cl)ncn2)c(F)c1-3. The van der Waals surface area contributed by atoms with Gasteiger partial charge in [-0.3, -0.25) is 4.79 Å². The maximum Gasteiger partial charge on any atom is 0.253 e. The number of aromatic nitrogens is 4. The number of aromatic amines is 1. The number of hydrogen-bond donors (Lipinski definition) is 3. The van der Waals surface area contributed by atoms with Crippen LogP contribution in [0.5, 0.6) is 0 Å². The highest BCUT2D eigenvalue weighted by molar-refractivity contribution is 6.29. The van der Waals surface area contributed by atoms with E-state index < -0.39 is 5.82 Å². The lowest BCUT2D eigenvalue weighted by atomic mass is 9.88. The number of amides is 1. The van der Waals surface area contributed by atoms with Crippen molar-refractivity contribution < 1.29 is 9.18 Å². The van der Waals surface area contributed by atoms with Crippen LogP contribution in [0, 0.1) is 5.82 Å². The average molecular weight is 385 g/mol. The highest BCUT2D eigenvalue weighted by atomic mass is 35.5. The zero-order valence-corrected chi connectivity index (χ0v) is 14.8. The molecule has 0 saturated carbocycles. The average Bonchev–Trinajstić information content (AvgIpc) is 3.04. The molecule has 3 aromatic rings. The third kappa shape index (κ3) is 2.56. The third-order valence-electron chi connectivity index (χ3n) is 4.94. The molecule has 4 heterocycles. The standard InChI is InChI=1S/C18H14ClFN6O/c19-11-5-12(24-7-23-11)26-17-15(20)13-8(6-22-17)1-2-9-14-10(25-16(9)13)3-4-21-18(14)27/h5-7,25H,1-4H2,(H,21,27)(H,22,23,24,26). The molecule has 1 aliphatic heterocycles. The molecule has 3 aromatic heterocycles. The first-order chi connectivity index (χ1) is 13.1. The lowest BCUT2D eigenvalue weighted by Crippen LogP contribution is -2.32. The van der Waals surface area contributed by atoms with Gasteiger partial charge in [0, 0.05) is 36.5 Å². The Labute approximate surface area is 158 Å². The van der Waals surface area contributed by atoms with Gasteiger partial charge in [0.2, 0.25) is 0 Å². The second kappa shape index (κ2) is 6.02. The first-order valence-electron chi connectivity index (χ1n) is 8.56. The van der Waals surface area contributed by atoms with Crippen LogP contribution < -0.4 is 10.6 Å². The van der Waals surface area contributed by atoms with Crippen molar-refractivity contribution in [3.63, 3.8) is 0 Å². The zero-order valence-electron chi connectivity index (χ0n) is 14.1. The van der Waals surface area contributed by atoms with Crippen molar-refractivity contribution in [2.24, 2.45) is 0 Å². The number of nitrogens with zero attached hydrogens (tertiary/aromatic N) is 3. The van der Waals surface area contributed by atoms with E-state index in [2.05, 4.69) is 30.6 Å². The maximum atomic E-state index is 15.4. The van der Waals surface area contributed by atoms with Crippen LogP contribution in [-0.4, -0.2) is 32.4 Å². The van der Waals surface area contributed by atoms with Gasteiger partial charge in [-0.05, 0) is 24.0 Å². The van der Waals surface area contributed by atoms with E-state index in [1.54, 1.807) is 6.20 Å². The number of nitrogens with one attached hydrogen (secondary N) is 3. The van der Waals surface area contributed by atoms with Gasteiger partial charge in [0.05, 0.1) is 11.3 Å². The Morgan fingerprint density at radius 3 is 2.89 bits per heavy atom. The van der Waals surface area contributed by atoms with Crippen LogP contribution in [0.25, 0.3) is 11.3 Å². The summed E-state index contributed by atoms with van der Waals surface area (Å²) in [5, 5.41) is 5.95. The molecule has 0 atom stereocenters. The molecule has 0 bridgehead atoms. The highest BCUT2D eigenvalue weighted by Crippen LogP contribution is 2.40. The van der Waals surface area contributed by atoms with Crippen LogP contribution in [0.2, 0.25) is 5.15 Å². The Kier molecular flexibility index (Phi) is 3.61. The van der Waals surface area contributed by atoms with Gasteiger partial charge in [-0.25, -0.2) is 19.3 Å². The molecule has 136 valence electrons. The van der Waals surface area contributed by atoms with Crippen LogP contribution in [0.15, 0.2) is 18.6 Å². The summed E-state index contributed by atoms with van der Waals surface area (Å²) in [6, 6.07) is 1.49. The Morgan fingerprint density at radius 2 is 2.04 bits per heavy atom. The van der Waals surface area contributed by atoms with Crippen molar-refractivity contribution in [2.75, 3.05) is 11.9 Å². The molecular formula is C18H14ClFN6O. The summed E-state index contributed by atoms with van der Waals surface area (Å²) in [4.78, 5) is 27.6. The van der Waals surface area contributed by atoms with Gasteiger partial charge >= 0.3 is 0 Å². The molecule has 0 unspecified atom stereocenters. The Hall–Kier alpha value is -3.00. The molecule has 9 heteroatoms. The second-order valence-electron chi connectivity index (χ2n) is 6.51. The van der Waals surface area contributed by atoms with Gasteiger partial charge in [-0.15, -0.1) is 0 Å². The summed E-state index contributed by atoms with van der Waals surface area (Å²) in [7, 11) is 0. The molecule has 0 fully saturated rings. The first kappa shape index (κ1) is 16.2. The van der Waals surface area contributed by atoms with Gasteiger partial charge in [-0.2, -0.15) is 0 Å². The van der Waals surface area contributed by atoms with E-state index in [0.717, 1.165) is 16.8 Å². The lowest BCUT2D eigenvalue weighted by Gasteiger charge is -2.19. The first-order valence-corrected chi connectivity index (χ1v) is 8.94. The smallest absolute Gasteiger partial charge is 0.253 e. The summed E-state index contributed by atoms with van der Waals surface area (Å²) < 4.78 is 15.4. The molecular weight excluding hydrogens is 371 g/mol. The monoisotopic (exact) mass is 384 g/mol. The molecule has 3 N–H and O–H groups in total. The molecule has 0 spiro atoms. The molecule has 7 nitrogen and oxygen atoms in total. The van der Waals surface area contributed by atoms with E-state index in [9.17, 15) is 4.79 Å². The maximum absolute atomic E-state index is 15.4. The fourth-order valence-electron chi connectivity index (χ4n) is 3.76. The van der Waals surface area contributed by atoms with E-state index in [0.29, 0.717) is 48.4 Å². The Balaban J connectivity index is 1.62. The number of rotatable bonds is 2. The van der Waals surface area contributed by atoms with Gasteiger partial charge in [0.15, 0.2) is 11.6 Å². The van der Waals surface area contributed by atoms with Crippen LogP contribution in [0.3, 0.4) is 0 Å². The molecule has 1 amide bonds. The van der Waals surface area contributed by atoms with Gasteiger partial charge in [0.1, 0.15) is 17.3 Å². The van der Waals surface area contributed by atoms with E-state index >= 15 is 4.39 Å². The lowest BCUT2D eigenvalue weighted by molar-refractivity contribution is 0.0945. The minimum atomic E-state index is -0.484. The number of H-pyrrole nitrogens is 1. The number of pyridine rings is 1. The molecule has 0 saturated heterocycles. The van der Waals surface area contributed by atoms with Crippen molar-refractivity contribution >= 4 is 29.1 Å². The molecule has 0 radical (unpaired) electrons. The fraction of sp³-hybridized carbons (Fsp3) is 0.222. The van der Waals surface area contributed by atoms with Gasteiger partial charge in [0.25, 0.3) is 5.91 Å². The fourth-order valence-corrected chi connectivity index (χ4v) is 3.91. The van der Waals surface area contributed by atoms with Crippen molar-refractivity contribution in [3.8, 4) is 11.3 Å². The highest BCUT2D eigenvalue weighted by Gasteiger charge is 2.32. The molecule has 1 aliphatic carbocycles. The minimum Gasteiger partial charge on any atom is -0.357 e. The number of anilines is 2. The van der Waals surface area contributed by atoms with Crippen LogP contribution in [0.4, 0.5) is 16.0 Å². The second-order valence-corrected chi connectivity index (χ2v) is 6.90. The van der Waals surface area contributed by atoms with Crippen LogP contribution in [-0.2, 0) is 19.3 Å². The van der Waals surface area contributed by atoms with Crippen LogP contribution in [0.1, 0.15) is 27.2 Å². The van der Waals surface area contributed by atoms with Crippen molar-refractivity contribution in [2.45, 2.75) is 19.3 Å². The van der Waals surface area contributed by atoms with Crippen molar-refractivity contribution in [3.05, 3.63) is 51.9 Å². The van der Waals surface area contributed by atoms with Gasteiger partial charge < -0.3 is 15.6 Å². The predicted octanol–water partition coefficient (Wildman–Crippen LogP) is 2.79. The predicted molar refractivity (Wildman–Crippen MR) is 97.8 cm³/mol. The Morgan fingerprint density at radius 1 is 1.15 bits per heavy atom. The van der Waals surface area contributed by atoms with Crippen molar-refractivity contribution in [1.82, 2.24) is 25.3 Å². The summed E-state index contributed by atoms with van der Waals surface area (Å²) in [6.07, 6.45) is 4.96. The van der Waals surface area contributed by atoms with Crippen LogP contribution >= 0.6 is 11.6 Å². The number of aryl methyl sites for hydroxylation is 1. The molecule has 5 rings (SSSR count). The summed E-state index contributed by atoms with van der Waals surface area (Å²) in [6.45, 7) is 0.582. The minimum absolute atomic E-state index is 0.0494. The number of fused-ring (bicyclic) bond motifs is 5. The Bertz CT molecular complexity index is 1100. The topological polar surface area (TPSA) is 95.6 Å². The van der Waals surface area contributed by atoms with Gasteiger partial charge in [-0.1, -0.05) is 11.6 Å². The molecule has 2 aliphatic rings. The van der Waals surface area contributed by atoms with E-state index in [4.69, 9.17) is 11.6 Å². The largest absolute Gasteiger partial charge is 0.357 e.